The number of rotatable bonds is 4. The predicted molar refractivity (Wildman–Crippen MR) is 110 cm³/mol. The van der Waals surface area contributed by atoms with E-state index in [1.54, 1.807) is 20.4 Å². The van der Waals surface area contributed by atoms with Gasteiger partial charge >= 0.3 is 0 Å². The van der Waals surface area contributed by atoms with Gasteiger partial charge in [0, 0.05) is 17.2 Å². The molecule has 0 atom stereocenters. The summed E-state index contributed by atoms with van der Waals surface area (Å²) >= 11 is 1.47. The molecular weight excluding hydrogens is 402 g/mol. The van der Waals surface area contributed by atoms with E-state index in [1.807, 2.05) is 53.9 Å². The lowest BCUT2D eigenvalue weighted by atomic mass is 10.2. The topological polar surface area (TPSA) is 55.2 Å². The summed E-state index contributed by atoms with van der Waals surface area (Å²) in [6.45, 7) is 0. The van der Waals surface area contributed by atoms with Crippen molar-refractivity contribution in [2.75, 3.05) is 14.2 Å². The van der Waals surface area contributed by atoms with Crippen LogP contribution in [-0.2, 0) is 0 Å². The Kier molecular flexibility index (Phi) is 7.09. The van der Waals surface area contributed by atoms with Crippen molar-refractivity contribution in [3.05, 3.63) is 65.1 Å². The molecule has 0 aromatic heterocycles. The fourth-order valence-corrected chi connectivity index (χ4v) is 2.68. The van der Waals surface area contributed by atoms with E-state index in [0.717, 1.165) is 28.3 Å². The number of hydrazone groups is 1. The van der Waals surface area contributed by atoms with Crippen molar-refractivity contribution in [3.63, 3.8) is 0 Å². The highest BCUT2D eigenvalue weighted by molar-refractivity contribution is 8.93. The van der Waals surface area contributed by atoms with Crippen molar-refractivity contribution in [1.29, 1.82) is 0 Å². The zero-order chi connectivity index (χ0) is 16.8. The number of hydrogen-bond donors (Lipinski definition) is 1. The first kappa shape index (κ1) is 19.1. The Morgan fingerprint density at radius 2 is 1.56 bits per heavy atom. The lowest BCUT2D eigenvalue weighted by Crippen LogP contribution is -2.10. The summed E-state index contributed by atoms with van der Waals surface area (Å²) in [6, 6.07) is 15.5. The number of halogens is 1. The van der Waals surface area contributed by atoms with Crippen LogP contribution in [0.5, 0.6) is 11.5 Å². The molecule has 1 aliphatic heterocycles. The minimum Gasteiger partial charge on any atom is -0.497 e. The van der Waals surface area contributed by atoms with Crippen molar-refractivity contribution >= 4 is 45.8 Å². The highest BCUT2D eigenvalue weighted by atomic mass is 79.9. The second-order valence-corrected chi connectivity index (χ2v) is 5.75. The van der Waals surface area contributed by atoms with Crippen LogP contribution in [0.3, 0.4) is 0 Å². The Morgan fingerprint density at radius 1 is 0.960 bits per heavy atom. The SMILES string of the molecule is Br.COc1ccc(/C=N/C2=NNC(c3ccc(OC)cc3)=CS2)cc1. The van der Waals surface area contributed by atoms with Gasteiger partial charge in [0.05, 0.1) is 19.9 Å². The molecule has 0 saturated carbocycles. The van der Waals surface area contributed by atoms with Crippen LogP contribution in [0.4, 0.5) is 0 Å². The number of hydrogen-bond acceptors (Lipinski definition) is 6. The van der Waals surface area contributed by atoms with Crippen LogP contribution in [0, 0.1) is 0 Å². The Bertz CT molecular complexity index is 787. The summed E-state index contributed by atoms with van der Waals surface area (Å²) < 4.78 is 10.3. The molecule has 7 heteroatoms. The molecule has 0 amide bonds. The van der Waals surface area contributed by atoms with Crippen molar-refractivity contribution in [2.24, 2.45) is 10.1 Å². The molecule has 2 aromatic rings. The Hall–Kier alpha value is -2.25. The highest BCUT2D eigenvalue weighted by Crippen LogP contribution is 2.23. The third-order valence-electron chi connectivity index (χ3n) is 3.40. The summed E-state index contributed by atoms with van der Waals surface area (Å²) in [6.07, 6.45) is 1.78. The van der Waals surface area contributed by atoms with Gasteiger partial charge in [-0.05, 0) is 54.1 Å². The molecule has 1 N–H and O–H groups in total. The van der Waals surface area contributed by atoms with Crippen LogP contribution in [0.25, 0.3) is 5.70 Å². The van der Waals surface area contributed by atoms with Gasteiger partial charge in [0.1, 0.15) is 11.5 Å². The van der Waals surface area contributed by atoms with Gasteiger partial charge in [-0.1, -0.05) is 11.8 Å². The molecule has 0 spiro atoms. The molecule has 0 aliphatic carbocycles. The molecule has 0 fully saturated rings. The molecule has 5 nitrogen and oxygen atoms in total. The maximum atomic E-state index is 5.16. The van der Waals surface area contributed by atoms with Crippen LogP contribution in [0.1, 0.15) is 11.1 Å². The number of amidine groups is 1. The van der Waals surface area contributed by atoms with Crippen LogP contribution >= 0.6 is 28.7 Å². The van der Waals surface area contributed by atoms with Gasteiger partial charge in [0.25, 0.3) is 0 Å². The maximum Gasteiger partial charge on any atom is 0.210 e. The molecule has 0 bridgehead atoms. The van der Waals surface area contributed by atoms with E-state index in [4.69, 9.17) is 9.47 Å². The molecule has 0 unspecified atom stereocenters. The largest absolute Gasteiger partial charge is 0.497 e. The molecule has 0 radical (unpaired) electrons. The average molecular weight is 420 g/mol. The van der Waals surface area contributed by atoms with Crippen molar-refractivity contribution < 1.29 is 9.47 Å². The molecular formula is C18H18BrN3O2S. The molecule has 1 aliphatic rings. The standard InChI is InChI=1S/C18H17N3O2S.BrH/c1-22-15-7-3-13(4-8-15)11-19-18-21-20-17(12-24-18)14-5-9-16(23-2)10-6-14;/h3-12,20H,1-2H3;1H/b19-11+;. The summed E-state index contributed by atoms with van der Waals surface area (Å²) in [7, 11) is 3.30. The van der Waals surface area contributed by atoms with Gasteiger partial charge in [-0.15, -0.1) is 22.1 Å². The van der Waals surface area contributed by atoms with E-state index < -0.39 is 0 Å². The number of nitrogens with zero attached hydrogens (tertiary/aromatic N) is 2. The zero-order valence-corrected chi connectivity index (χ0v) is 16.3. The van der Waals surface area contributed by atoms with Crippen LogP contribution in [0.2, 0.25) is 0 Å². The van der Waals surface area contributed by atoms with Gasteiger partial charge in [-0.2, -0.15) is 0 Å². The van der Waals surface area contributed by atoms with Gasteiger partial charge in [0.2, 0.25) is 5.17 Å². The number of aliphatic imine (C=N–C) groups is 1. The number of benzene rings is 2. The van der Waals surface area contributed by atoms with E-state index in [1.165, 1.54) is 11.8 Å². The fraction of sp³-hybridized carbons (Fsp3) is 0.111. The summed E-state index contributed by atoms with van der Waals surface area (Å²) in [5.74, 6) is 1.65. The summed E-state index contributed by atoms with van der Waals surface area (Å²) in [5, 5.41) is 6.94. The second-order valence-electron chi connectivity index (χ2n) is 4.92. The lowest BCUT2D eigenvalue weighted by Gasteiger charge is -2.12. The Balaban J connectivity index is 0.00000225. The second kappa shape index (κ2) is 9.29. The highest BCUT2D eigenvalue weighted by Gasteiger charge is 2.08. The molecule has 25 heavy (non-hydrogen) atoms. The minimum absolute atomic E-state index is 0. The van der Waals surface area contributed by atoms with E-state index in [2.05, 4.69) is 15.5 Å². The number of thioether (sulfide) groups is 1. The van der Waals surface area contributed by atoms with E-state index in [0.29, 0.717) is 5.17 Å². The van der Waals surface area contributed by atoms with Crippen molar-refractivity contribution in [2.45, 2.75) is 0 Å². The van der Waals surface area contributed by atoms with Gasteiger partial charge < -0.3 is 9.47 Å². The average Bonchev–Trinajstić information content (AvgIpc) is 2.67. The number of ether oxygens (including phenoxy) is 2. The zero-order valence-electron chi connectivity index (χ0n) is 13.8. The Morgan fingerprint density at radius 3 is 2.08 bits per heavy atom. The van der Waals surface area contributed by atoms with Crippen LogP contribution in [0.15, 0.2) is 64.0 Å². The van der Waals surface area contributed by atoms with Gasteiger partial charge in [-0.3, -0.25) is 5.43 Å². The molecule has 0 saturated heterocycles. The first-order valence-corrected chi connectivity index (χ1v) is 8.19. The summed E-state index contributed by atoms with van der Waals surface area (Å²) in [4.78, 5) is 4.38. The number of methoxy groups -OCH3 is 2. The molecule has 1 heterocycles. The lowest BCUT2D eigenvalue weighted by molar-refractivity contribution is 0.414. The molecule has 130 valence electrons. The quantitative estimate of drug-likeness (QED) is 0.750. The van der Waals surface area contributed by atoms with E-state index >= 15 is 0 Å². The molecule has 3 rings (SSSR count). The molecule has 2 aromatic carbocycles. The number of nitrogens with one attached hydrogen (secondary N) is 1. The van der Waals surface area contributed by atoms with E-state index in [-0.39, 0.29) is 17.0 Å². The predicted octanol–water partition coefficient (Wildman–Crippen LogP) is 4.31. The first-order valence-electron chi connectivity index (χ1n) is 7.31. The third-order valence-corrected chi connectivity index (χ3v) is 4.16. The fourth-order valence-electron chi connectivity index (χ4n) is 2.05. The summed E-state index contributed by atoms with van der Waals surface area (Å²) in [5.41, 5.74) is 6.00. The third kappa shape index (κ3) is 5.11. The van der Waals surface area contributed by atoms with Crippen LogP contribution < -0.4 is 14.9 Å². The normalized spacial score (nSPS) is 13.4. The van der Waals surface area contributed by atoms with Crippen LogP contribution in [-0.4, -0.2) is 25.6 Å². The van der Waals surface area contributed by atoms with Crippen molar-refractivity contribution in [3.8, 4) is 11.5 Å². The first-order chi connectivity index (χ1) is 11.8. The monoisotopic (exact) mass is 419 g/mol. The Labute approximate surface area is 161 Å². The van der Waals surface area contributed by atoms with Gasteiger partial charge in [0.15, 0.2) is 0 Å². The maximum absolute atomic E-state index is 5.16. The van der Waals surface area contributed by atoms with Crippen molar-refractivity contribution in [1.82, 2.24) is 5.43 Å². The minimum atomic E-state index is 0. The van der Waals surface area contributed by atoms with E-state index in [9.17, 15) is 0 Å². The van der Waals surface area contributed by atoms with Gasteiger partial charge in [-0.25, -0.2) is 4.99 Å². The smallest absolute Gasteiger partial charge is 0.210 e.